The molecule has 0 aliphatic rings. The zero-order valence-electron chi connectivity index (χ0n) is 9.93. The maximum atomic E-state index is 11.8. The first-order chi connectivity index (χ1) is 7.91. The monoisotopic (exact) mass is 257 g/mol. The van der Waals surface area contributed by atoms with Gasteiger partial charge in [-0.15, -0.1) is 5.10 Å². The number of amides is 1. The average Bonchev–Trinajstić information content (AvgIpc) is 2.62. The van der Waals surface area contributed by atoms with Gasteiger partial charge in [0.25, 0.3) is 5.91 Å². The molecule has 94 valence electrons. The van der Waals surface area contributed by atoms with E-state index >= 15 is 0 Å². The highest BCUT2D eigenvalue weighted by Gasteiger charge is 2.23. The summed E-state index contributed by atoms with van der Waals surface area (Å²) >= 11 is 0.964. The Morgan fingerprint density at radius 1 is 1.47 bits per heavy atom. The molecule has 0 aliphatic carbocycles. The van der Waals surface area contributed by atoms with E-state index in [1.165, 1.54) is 0 Å². The zero-order chi connectivity index (χ0) is 13.0. The predicted molar refractivity (Wildman–Crippen MR) is 63.0 cm³/mol. The molecule has 1 atom stereocenters. The number of nitrogens with one attached hydrogen (secondary N) is 1. The first-order valence-corrected chi connectivity index (χ1v) is 6.01. The van der Waals surface area contributed by atoms with Gasteiger partial charge in [0.05, 0.1) is 5.69 Å². The first kappa shape index (κ1) is 13.6. The van der Waals surface area contributed by atoms with E-state index in [1.807, 2.05) is 13.8 Å². The molecule has 1 rings (SSSR count). The maximum absolute atomic E-state index is 11.8. The molecular weight excluding hydrogens is 242 g/mol. The van der Waals surface area contributed by atoms with Crippen LogP contribution in [0.2, 0.25) is 0 Å². The smallest absolute Gasteiger partial charge is 0.326 e. The van der Waals surface area contributed by atoms with Crippen LogP contribution in [0.1, 0.15) is 35.6 Å². The van der Waals surface area contributed by atoms with E-state index < -0.39 is 17.9 Å². The minimum Gasteiger partial charge on any atom is -0.480 e. The Kier molecular flexibility index (Phi) is 4.56. The molecule has 1 aromatic rings. The number of carboxylic acids is 1. The molecule has 6 nitrogen and oxygen atoms in total. The molecule has 1 amide bonds. The van der Waals surface area contributed by atoms with Crippen LogP contribution in [0.15, 0.2) is 0 Å². The van der Waals surface area contributed by atoms with Crippen LogP contribution < -0.4 is 5.32 Å². The Morgan fingerprint density at radius 3 is 2.53 bits per heavy atom. The van der Waals surface area contributed by atoms with Crippen LogP contribution in [0.25, 0.3) is 0 Å². The highest BCUT2D eigenvalue weighted by atomic mass is 32.1. The van der Waals surface area contributed by atoms with Gasteiger partial charge in [0, 0.05) is 0 Å². The van der Waals surface area contributed by atoms with E-state index in [1.54, 1.807) is 6.92 Å². The number of aromatic nitrogens is 2. The summed E-state index contributed by atoms with van der Waals surface area (Å²) in [6.07, 6.45) is 0.395. The van der Waals surface area contributed by atoms with Crippen molar-refractivity contribution in [1.29, 1.82) is 0 Å². The van der Waals surface area contributed by atoms with Crippen molar-refractivity contribution < 1.29 is 14.7 Å². The number of carbonyl (C=O) groups is 2. The molecule has 0 radical (unpaired) electrons. The maximum Gasteiger partial charge on any atom is 0.326 e. The third-order valence-electron chi connectivity index (χ3n) is 2.17. The Bertz CT molecular complexity index is 417. The van der Waals surface area contributed by atoms with Crippen LogP contribution in [-0.4, -0.2) is 32.6 Å². The molecule has 0 fully saturated rings. The van der Waals surface area contributed by atoms with Crippen LogP contribution in [0.4, 0.5) is 0 Å². The molecular formula is C10H15N3O3S. The predicted octanol–water partition coefficient (Wildman–Crippen LogP) is 1.08. The van der Waals surface area contributed by atoms with Gasteiger partial charge in [-0.3, -0.25) is 4.79 Å². The fraction of sp³-hybridized carbons (Fsp3) is 0.600. The lowest BCUT2D eigenvalue weighted by Crippen LogP contribution is -2.41. The van der Waals surface area contributed by atoms with Crippen molar-refractivity contribution in [2.24, 2.45) is 5.92 Å². The molecule has 7 heteroatoms. The lowest BCUT2D eigenvalue weighted by Gasteiger charge is -2.15. The number of carboxylic acid groups (broad SMARTS) is 1. The van der Waals surface area contributed by atoms with E-state index in [-0.39, 0.29) is 5.92 Å². The first-order valence-electron chi connectivity index (χ1n) is 5.24. The summed E-state index contributed by atoms with van der Waals surface area (Å²) in [5.74, 6) is -1.26. The summed E-state index contributed by atoms with van der Waals surface area (Å²) in [5, 5.41) is 15.2. The van der Waals surface area contributed by atoms with Gasteiger partial charge in [-0.2, -0.15) is 0 Å². The molecule has 17 heavy (non-hydrogen) atoms. The van der Waals surface area contributed by atoms with E-state index in [4.69, 9.17) is 5.11 Å². The molecule has 1 aromatic heterocycles. The van der Waals surface area contributed by atoms with E-state index in [0.29, 0.717) is 17.0 Å². The van der Waals surface area contributed by atoms with Gasteiger partial charge in [-0.05, 0) is 30.8 Å². The van der Waals surface area contributed by atoms with Gasteiger partial charge in [-0.1, -0.05) is 18.3 Å². The van der Waals surface area contributed by atoms with Crippen molar-refractivity contribution in [3.8, 4) is 0 Å². The van der Waals surface area contributed by atoms with Crippen LogP contribution in [0, 0.1) is 12.8 Å². The number of carbonyl (C=O) groups excluding carboxylic acids is 1. The van der Waals surface area contributed by atoms with Crippen molar-refractivity contribution in [3.05, 3.63) is 10.6 Å². The number of hydrogen-bond donors (Lipinski definition) is 2. The third kappa shape index (κ3) is 3.77. The zero-order valence-corrected chi connectivity index (χ0v) is 10.7. The largest absolute Gasteiger partial charge is 0.480 e. The summed E-state index contributed by atoms with van der Waals surface area (Å²) in [7, 11) is 0. The van der Waals surface area contributed by atoms with E-state index in [9.17, 15) is 9.59 Å². The Hall–Kier alpha value is -1.50. The Balaban J connectivity index is 2.71. The minimum atomic E-state index is -1.03. The summed E-state index contributed by atoms with van der Waals surface area (Å²) in [6, 6.07) is -0.871. The molecule has 0 bridgehead atoms. The van der Waals surface area contributed by atoms with E-state index in [0.717, 1.165) is 11.5 Å². The average molecular weight is 257 g/mol. The quantitative estimate of drug-likeness (QED) is 0.823. The third-order valence-corrected chi connectivity index (χ3v) is 2.99. The van der Waals surface area contributed by atoms with Crippen molar-refractivity contribution >= 4 is 23.4 Å². The lowest BCUT2D eigenvalue weighted by molar-refractivity contribution is -0.139. The van der Waals surface area contributed by atoms with Gasteiger partial charge in [0.2, 0.25) is 0 Å². The van der Waals surface area contributed by atoms with E-state index in [2.05, 4.69) is 14.9 Å². The van der Waals surface area contributed by atoms with Crippen LogP contribution in [0.5, 0.6) is 0 Å². The van der Waals surface area contributed by atoms with Crippen molar-refractivity contribution in [2.75, 3.05) is 0 Å². The van der Waals surface area contributed by atoms with Crippen LogP contribution >= 0.6 is 11.5 Å². The molecule has 0 unspecified atom stereocenters. The van der Waals surface area contributed by atoms with Crippen LogP contribution in [-0.2, 0) is 4.79 Å². The summed E-state index contributed by atoms with van der Waals surface area (Å²) in [6.45, 7) is 5.47. The van der Waals surface area contributed by atoms with Crippen molar-refractivity contribution in [1.82, 2.24) is 14.9 Å². The lowest BCUT2D eigenvalue weighted by atomic mass is 10.0. The minimum absolute atomic E-state index is 0.192. The Labute approximate surface area is 103 Å². The highest BCUT2D eigenvalue weighted by Crippen LogP contribution is 2.11. The van der Waals surface area contributed by atoms with Gasteiger partial charge in [0.15, 0.2) is 0 Å². The highest BCUT2D eigenvalue weighted by molar-refractivity contribution is 7.08. The molecule has 2 N–H and O–H groups in total. The van der Waals surface area contributed by atoms with Gasteiger partial charge in [-0.25, -0.2) is 4.79 Å². The normalized spacial score (nSPS) is 12.5. The topological polar surface area (TPSA) is 92.2 Å². The fourth-order valence-electron chi connectivity index (χ4n) is 1.36. The van der Waals surface area contributed by atoms with Gasteiger partial charge in [0.1, 0.15) is 10.9 Å². The number of aliphatic carboxylic acids is 1. The molecule has 0 spiro atoms. The van der Waals surface area contributed by atoms with Crippen LogP contribution in [0.3, 0.4) is 0 Å². The second-order valence-electron chi connectivity index (χ2n) is 4.18. The number of aryl methyl sites for hydroxylation is 1. The molecule has 1 heterocycles. The molecule has 0 saturated carbocycles. The standard InChI is InChI=1S/C10H15N3O3S/c1-5(2)4-7(10(15)16)11-9(14)8-6(3)12-13-17-8/h5,7H,4H2,1-3H3,(H,11,14)(H,15,16)/t7-/m0/s1. The SMILES string of the molecule is Cc1nnsc1C(=O)N[C@@H](CC(C)C)C(=O)O. The van der Waals surface area contributed by atoms with Gasteiger partial charge < -0.3 is 10.4 Å². The summed E-state index contributed by atoms with van der Waals surface area (Å²) in [5.41, 5.74) is 0.515. The summed E-state index contributed by atoms with van der Waals surface area (Å²) in [4.78, 5) is 23.1. The number of nitrogens with zero attached hydrogens (tertiary/aromatic N) is 2. The second-order valence-corrected chi connectivity index (χ2v) is 4.94. The van der Waals surface area contributed by atoms with Crippen molar-refractivity contribution in [3.63, 3.8) is 0 Å². The number of rotatable bonds is 5. The van der Waals surface area contributed by atoms with Crippen molar-refractivity contribution in [2.45, 2.75) is 33.2 Å². The Morgan fingerprint density at radius 2 is 2.12 bits per heavy atom. The second kappa shape index (κ2) is 5.72. The van der Waals surface area contributed by atoms with Gasteiger partial charge >= 0.3 is 5.97 Å². The fourth-order valence-corrected chi connectivity index (χ4v) is 1.92. The molecule has 0 aliphatic heterocycles. The molecule has 0 saturated heterocycles. The molecule has 0 aromatic carbocycles. The number of hydrogen-bond acceptors (Lipinski definition) is 5. The summed E-state index contributed by atoms with van der Waals surface area (Å²) < 4.78 is 3.64.